The normalized spacial score (nSPS) is 10.4. The fourth-order valence-corrected chi connectivity index (χ4v) is 1.42. The van der Waals surface area contributed by atoms with Crippen LogP contribution in [0.4, 0.5) is 0 Å². The topological polar surface area (TPSA) is 90.7 Å². The second-order valence-corrected chi connectivity index (χ2v) is 3.00. The third-order valence-corrected chi connectivity index (χ3v) is 2.07. The Bertz CT molecular complexity index is 550. The van der Waals surface area contributed by atoms with Gasteiger partial charge < -0.3 is 15.3 Å². The first-order chi connectivity index (χ1) is 7.11. The van der Waals surface area contributed by atoms with Crippen LogP contribution in [0.25, 0.3) is 10.9 Å². The molecule has 2 aromatic rings. The van der Waals surface area contributed by atoms with Crippen molar-refractivity contribution >= 4 is 16.9 Å². The molecule has 0 saturated carbocycles. The third-order valence-electron chi connectivity index (χ3n) is 2.07. The van der Waals surface area contributed by atoms with E-state index in [-0.39, 0.29) is 22.2 Å². The van der Waals surface area contributed by atoms with E-state index in [0.717, 1.165) is 6.20 Å². The molecular weight excluding hydrogens is 198 g/mol. The van der Waals surface area contributed by atoms with Gasteiger partial charge in [0.1, 0.15) is 22.6 Å². The van der Waals surface area contributed by atoms with Crippen LogP contribution < -0.4 is 0 Å². The van der Waals surface area contributed by atoms with E-state index in [9.17, 15) is 15.0 Å². The fraction of sp³-hybridized carbons (Fsp3) is 0. The maximum Gasteiger partial charge on any atom is 0.340 e. The molecule has 0 radical (unpaired) electrons. The minimum absolute atomic E-state index is 0.116. The van der Waals surface area contributed by atoms with Crippen LogP contribution in [0.3, 0.4) is 0 Å². The molecule has 0 fully saturated rings. The lowest BCUT2D eigenvalue weighted by atomic mass is 10.1. The number of carboxylic acid groups (broad SMARTS) is 1. The lowest BCUT2D eigenvalue weighted by Crippen LogP contribution is -1.99. The molecule has 0 amide bonds. The highest BCUT2D eigenvalue weighted by Gasteiger charge is 2.16. The molecule has 15 heavy (non-hydrogen) atoms. The van der Waals surface area contributed by atoms with E-state index in [1.165, 1.54) is 18.2 Å². The van der Waals surface area contributed by atoms with Gasteiger partial charge in [0.2, 0.25) is 0 Å². The Labute approximate surface area is 84.2 Å². The molecule has 1 aromatic carbocycles. The van der Waals surface area contributed by atoms with Crippen LogP contribution in [0.2, 0.25) is 0 Å². The first kappa shape index (κ1) is 9.26. The highest BCUT2D eigenvalue weighted by atomic mass is 16.4. The smallest absolute Gasteiger partial charge is 0.340 e. The molecule has 5 nitrogen and oxygen atoms in total. The largest absolute Gasteiger partial charge is 0.506 e. The molecule has 0 saturated heterocycles. The van der Waals surface area contributed by atoms with Crippen molar-refractivity contribution in [2.24, 2.45) is 0 Å². The number of phenolic OH excluding ortho intramolecular Hbond substituents is 1. The van der Waals surface area contributed by atoms with Crippen molar-refractivity contribution in [3.05, 3.63) is 30.0 Å². The minimum Gasteiger partial charge on any atom is -0.506 e. The minimum atomic E-state index is -1.26. The molecule has 0 aliphatic heterocycles. The standard InChI is InChI=1S/C10H7NO4/c12-6-3-1-2-5-8(10(14)15)7(13)4-11-9(5)6/h1-4,12-13H,(H,14,15). The highest BCUT2D eigenvalue weighted by molar-refractivity contribution is 6.06. The van der Waals surface area contributed by atoms with Crippen molar-refractivity contribution in [3.8, 4) is 11.5 Å². The number of aromatic hydroxyl groups is 2. The second-order valence-electron chi connectivity index (χ2n) is 3.00. The number of para-hydroxylation sites is 1. The molecule has 1 aromatic heterocycles. The molecule has 1 heterocycles. The van der Waals surface area contributed by atoms with Gasteiger partial charge in [0.25, 0.3) is 0 Å². The van der Waals surface area contributed by atoms with Crippen LogP contribution in [0.5, 0.6) is 11.5 Å². The lowest BCUT2D eigenvalue weighted by Gasteiger charge is -2.04. The maximum atomic E-state index is 10.9. The Hall–Kier alpha value is -2.30. The van der Waals surface area contributed by atoms with E-state index < -0.39 is 11.7 Å². The molecule has 76 valence electrons. The Morgan fingerprint density at radius 2 is 1.93 bits per heavy atom. The summed E-state index contributed by atoms with van der Waals surface area (Å²) in [5.41, 5.74) is -0.0939. The third kappa shape index (κ3) is 1.34. The van der Waals surface area contributed by atoms with Crippen LogP contribution in [-0.2, 0) is 0 Å². The predicted molar refractivity (Wildman–Crippen MR) is 52.0 cm³/mol. The molecule has 0 atom stereocenters. The van der Waals surface area contributed by atoms with E-state index in [1.807, 2.05) is 0 Å². The number of benzene rings is 1. The molecule has 0 aliphatic rings. The van der Waals surface area contributed by atoms with Gasteiger partial charge >= 0.3 is 5.97 Å². The number of hydrogen-bond acceptors (Lipinski definition) is 4. The lowest BCUT2D eigenvalue weighted by molar-refractivity contribution is 0.0696. The summed E-state index contributed by atoms with van der Waals surface area (Å²) in [5.74, 6) is -1.79. The SMILES string of the molecule is O=C(O)c1c(O)cnc2c(O)cccc12. The molecule has 2 rings (SSSR count). The van der Waals surface area contributed by atoms with Crippen molar-refractivity contribution in [1.29, 1.82) is 0 Å². The van der Waals surface area contributed by atoms with Gasteiger partial charge in [-0.15, -0.1) is 0 Å². The van der Waals surface area contributed by atoms with E-state index in [1.54, 1.807) is 0 Å². The number of phenols is 1. The Morgan fingerprint density at radius 3 is 2.60 bits per heavy atom. The summed E-state index contributed by atoms with van der Waals surface area (Å²) in [4.78, 5) is 14.6. The van der Waals surface area contributed by atoms with Crippen LogP contribution in [0, 0.1) is 0 Å². The van der Waals surface area contributed by atoms with Crippen LogP contribution in [0.1, 0.15) is 10.4 Å². The summed E-state index contributed by atoms with van der Waals surface area (Å²) in [6, 6.07) is 4.37. The van der Waals surface area contributed by atoms with E-state index in [2.05, 4.69) is 4.98 Å². The molecule has 0 aliphatic carbocycles. The van der Waals surface area contributed by atoms with Gasteiger partial charge in [-0.2, -0.15) is 0 Å². The van der Waals surface area contributed by atoms with E-state index in [4.69, 9.17) is 5.11 Å². The number of pyridine rings is 1. The molecule has 3 N–H and O–H groups in total. The van der Waals surface area contributed by atoms with Gasteiger partial charge in [0, 0.05) is 5.39 Å². The van der Waals surface area contributed by atoms with Gasteiger partial charge in [-0.1, -0.05) is 12.1 Å². The summed E-state index contributed by atoms with van der Waals surface area (Å²) in [5, 5.41) is 27.9. The van der Waals surface area contributed by atoms with Gasteiger partial charge in [0.15, 0.2) is 0 Å². The van der Waals surface area contributed by atoms with Crippen LogP contribution >= 0.6 is 0 Å². The number of fused-ring (bicyclic) bond motifs is 1. The molecule has 0 unspecified atom stereocenters. The Balaban J connectivity index is 2.94. The average Bonchev–Trinajstić information content (AvgIpc) is 2.17. The van der Waals surface area contributed by atoms with Gasteiger partial charge in [-0.05, 0) is 6.07 Å². The van der Waals surface area contributed by atoms with Crippen molar-refractivity contribution < 1.29 is 20.1 Å². The summed E-state index contributed by atoms with van der Waals surface area (Å²) in [6.45, 7) is 0. The summed E-state index contributed by atoms with van der Waals surface area (Å²) in [6.07, 6.45) is 1.01. The van der Waals surface area contributed by atoms with E-state index >= 15 is 0 Å². The zero-order chi connectivity index (χ0) is 11.0. The van der Waals surface area contributed by atoms with E-state index in [0.29, 0.717) is 0 Å². The maximum absolute atomic E-state index is 10.9. The zero-order valence-corrected chi connectivity index (χ0v) is 7.51. The number of carboxylic acids is 1. The quantitative estimate of drug-likeness (QED) is 0.653. The van der Waals surface area contributed by atoms with Crippen LogP contribution in [-0.4, -0.2) is 26.3 Å². The number of aromatic carboxylic acids is 1. The van der Waals surface area contributed by atoms with Crippen molar-refractivity contribution in [2.75, 3.05) is 0 Å². The molecular formula is C10H7NO4. The summed E-state index contributed by atoms with van der Waals surface area (Å²) in [7, 11) is 0. The number of rotatable bonds is 1. The summed E-state index contributed by atoms with van der Waals surface area (Å²) < 4.78 is 0. The Kier molecular flexibility index (Phi) is 1.93. The number of hydrogen-bond donors (Lipinski definition) is 3. The monoisotopic (exact) mass is 205 g/mol. The highest BCUT2D eigenvalue weighted by Crippen LogP contribution is 2.29. The predicted octanol–water partition coefficient (Wildman–Crippen LogP) is 1.34. The van der Waals surface area contributed by atoms with Gasteiger partial charge in [0.05, 0.1) is 6.20 Å². The number of nitrogens with zero attached hydrogens (tertiary/aromatic N) is 1. The zero-order valence-electron chi connectivity index (χ0n) is 7.51. The summed E-state index contributed by atoms with van der Waals surface area (Å²) >= 11 is 0. The Morgan fingerprint density at radius 1 is 1.20 bits per heavy atom. The fourth-order valence-electron chi connectivity index (χ4n) is 1.42. The second kappa shape index (κ2) is 3.13. The molecule has 0 spiro atoms. The molecule has 5 heteroatoms. The average molecular weight is 205 g/mol. The van der Waals surface area contributed by atoms with Gasteiger partial charge in [-0.3, -0.25) is 0 Å². The number of carbonyl (C=O) groups is 1. The van der Waals surface area contributed by atoms with Crippen LogP contribution in [0.15, 0.2) is 24.4 Å². The van der Waals surface area contributed by atoms with Crippen molar-refractivity contribution in [3.63, 3.8) is 0 Å². The first-order valence-corrected chi connectivity index (χ1v) is 4.14. The number of aromatic nitrogens is 1. The van der Waals surface area contributed by atoms with Crippen molar-refractivity contribution in [2.45, 2.75) is 0 Å². The van der Waals surface area contributed by atoms with Crippen molar-refractivity contribution in [1.82, 2.24) is 4.98 Å². The first-order valence-electron chi connectivity index (χ1n) is 4.14. The molecule has 0 bridgehead atoms. The van der Waals surface area contributed by atoms with Gasteiger partial charge in [-0.25, -0.2) is 9.78 Å².